The van der Waals surface area contributed by atoms with E-state index >= 15 is 0 Å². The van der Waals surface area contributed by atoms with E-state index in [1.54, 1.807) is 0 Å². The molecule has 2 aliphatic carbocycles. The predicted molar refractivity (Wildman–Crippen MR) is 100.0 cm³/mol. The lowest BCUT2D eigenvalue weighted by molar-refractivity contribution is -0.125. The minimum absolute atomic E-state index is 0.182. The molecule has 1 N–H and O–H groups in total. The number of hydrogen-bond donors (Lipinski definition) is 1. The second-order valence-electron chi connectivity index (χ2n) is 7.64. The molecule has 0 aromatic carbocycles. The summed E-state index contributed by atoms with van der Waals surface area (Å²) in [7, 11) is 0. The summed E-state index contributed by atoms with van der Waals surface area (Å²) >= 11 is 1.54. The zero-order valence-corrected chi connectivity index (χ0v) is 16.1. The van der Waals surface area contributed by atoms with Crippen molar-refractivity contribution in [2.45, 2.75) is 71.3 Å². The largest absolute Gasteiger partial charge is 0.451 e. The monoisotopic (exact) mass is 363 g/mol. The molecule has 3 unspecified atom stereocenters. The van der Waals surface area contributed by atoms with Crippen LogP contribution in [0.25, 0.3) is 0 Å². The number of amides is 1. The third kappa shape index (κ3) is 4.63. The van der Waals surface area contributed by atoms with Gasteiger partial charge in [-0.25, -0.2) is 4.79 Å². The Labute approximate surface area is 154 Å². The molecular formula is C20H29NO3S. The lowest BCUT2D eigenvalue weighted by Crippen LogP contribution is -2.45. The molecule has 1 aromatic rings. The van der Waals surface area contributed by atoms with Crippen LogP contribution in [-0.2, 0) is 22.4 Å². The summed E-state index contributed by atoms with van der Waals surface area (Å²) < 4.78 is 5.26. The SMILES string of the molecule is CC1CCCC(NC(=O)COC(=O)c2cc3c(s2)CCCCC3)C1C. The molecular weight excluding hydrogens is 334 g/mol. The van der Waals surface area contributed by atoms with Crippen LogP contribution in [0.1, 0.15) is 72.5 Å². The van der Waals surface area contributed by atoms with Crippen LogP contribution in [0.5, 0.6) is 0 Å². The molecule has 0 spiro atoms. The van der Waals surface area contributed by atoms with Crippen molar-refractivity contribution in [3.63, 3.8) is 0 Å². The Bertz CT molecular complexity index is 601. The van der Waals surface area contributed by atoms with Crippen molar-refractivity contribution >= 4 is 23.2 Å². The van der Waals surface area contributed by atoms with Gasteiger partial charge < -0.3 is 10.1 Å². The Kier molecular flexibility index (Phi) is 6.15. The Balaban J connectivity index is 1.49. The Morgan fingerprint density at radius 3 is 2.80 bits per heavy atom. The summed E-state index contributed by atoms with van der Waals surface area (Å²) in [6.45, 7) is 4.25. The van der Waals surface area contributed by atoms with Crippen LogP contribution in [0.15, 0.2) is 6.07 Å². The van der Waals surface area contributed by atoms with E-state index in [1.165, 1.54) is 47.5 Å². The van der Waals surface area contributed by atoms with Crippen molar-refractivity contribution < 1.29 is 14.3 Å². The molecule has 3 rings (SSSR count). The molecule has 0 saturated heterocycles. The molecule has 0 aliphatic heterocycles. The van der Waals surface area contributed by atoms with Gasteiger partial charge in [-0.1, -0.05) is 33.1 Å². The van der Waals surface area contributed by atoms with Crippen molar-refractivity contribution in [2.75, 3.05) is 6.61 Å². The normalized spacial score (nSPS) is 26.4. The van der Waals surface area contributed by atoms with Gasteiger partial charge in [-0.15, -0.1) is 11.3 Å². The second-order valence-corrected chi connectivity index (χ2v) is 8.77. The van der Waals surface area contributed by atoms with Crippen LogP contribution in [-0.4, -0.2) is 24.5 Å². The van der Waals surface area contributed by atoms with Gasteiger partial charge in [0, 0.05) is 10.9 Å². The van der Waals surface area contributed by atoms with Gasteiger partial charge in [0.25, 0.3) is 5.91 Å². The van der Waals surface area contributed by atoms with Crippen LogP contribution in [0.3, 0.4) is 0 Å². The van der Waals surface area contributed by atoms with E-state index < -0.39 is 0 Å². The van der Waals surface area contributed by atoms with Crippen LogP contribution in [0, 0.1) is 11.8 Å². The first kappa shape index (κ1) is 18.4. The lowest BCUT2D eigenvalue weighted by atomic mass is 9.78. The number of carbonyl (C=O) groups excluding carboxylic acids is 2. The minimum atomic E-state index is -0.363. The van der Waals surface area contributed by atoms with Crippen molar-refractivity contribution in [1.29, 1.82) is 0 Å². The molecule has 1 amide bonds. The van der Waals surface area contributed by atoms with Crippen LogP contribution < -0.4 is 5.32 Å². The summed E-state index contributed by atoms with van der Waals surface area (Å²) in [6, 6.07) is 2.17. The topological polar surface area (TPSA) is 55.4 Å². The molecule has 4 nitrogen and oxygen atoms in total. The van der Waals surface area contributed by atoms with Crippen molar-refractivity contribution in [3.8, 4) is 0 Å². The van der Waals surface area contributed by atoms with Crippen molar-refractivity contribution in [2.24, 2.45) is 11.8 Å². The quantitative estimate of drug-likeness (QED) is 0.647. The van der Waals surface area contributed by atoms with Gasteiger partial charge in [-0.2, -0.15) is 0 Å². The lowest BCUT2D eigenvalue weighted by Gasteiger charge is -2.34. The minimum Gasteiger partial charge on any atom is -0.451 e. The standard InChI is InChI=1S/C20H29NO3S/c1-13-7-6-9-16(14(13)2)21-19(22)12-24-20(23)18-11-15-8-4-3-5-10-17(15)25-18/h11,13-14,16H,3-10,12H2,1-2H3,(H,21,22). The summed E-state index contributed by atoms with van der Waals surface area (Å²) in [5, 5.41) is 3.05. The van der Waals surface area contributed by atoms with E-state index in [0.29, 0.717) is 16.7 Å². The fraction of sp³-hybridized carbons (Fsp3) is 0.700. The predicted octanol–water partition coefficient (Wildman–Crippen LogP) is 4.11. The highest BCUT2D eigenvalue weighted by Crippen LogP contribution is 2.30. The van der Waals surface area contributed by atoms with Crippen molar-refractivity contribution in [1.82, 2.24) is 5.32 Å². The highest BCUT2D eigenvalue weighted by Gasteiger charge is 2.28. The zero-order chi connectivity index (χ0) is 17.8. The number of carbonyl (C=O) groups is 2. The van der Waals surface area contributed by atoms with Gasteiger partial charge in [-0.3, -0.25) is 4.79 Å². The Morgan fingerprint density at radius 2 is 1.96 bits per heavy atom. The number of fused-ring (bicyclic) bond motifs is 1. The Morgan fingerprint density at radius 1 is 1.16 bits per heavy atom. The van der Waals surface area contributed by atoms with E-state index in [9.17, 15) is 9.59 Å². The first-order chi connectivity index (χ1) is 12.0. The summed E-state index contributed by atoms with van der Waals surface area (Å²) in [5.74, 6) is 0.556. The summed E-state index contributed by atoms with van der Waals surface area (Å²) in [4.78, 5) is 26.4. The smallest absolute Gasteiger partial charge is 0.348 e. The van der Waals surface area contributed by atoms with Gasteiger partial charge in [0.2, 0.25) is 0 Å². The number of nitrogens with one attached hydrogen (secondary N) is 1. The number of esters is 1. The molecule has 1 aromatic heterocycles. The van der Waals surface area contributed by atoms with E-state index in [4.69, 9.17) is 4.74 Å². The number of rotatable bonds is 4. The zero-order valence-electron chi connectivity index (χ0n) is 15.3. The molecule has 25 heavy (non-hydrogen) atoms. The average molecular weight is 364 g/mol. The number of ether oxygens (including phenoxy) is 1. The molecule has 2 aliphatic rings. The maximum Gasteiger partial charge on any atom is 0.348 e. The fourth-order valence-electron chi connectivity index (χ4n) is 4.00. The maximum absolute atomic E-state index is 12.3. The fourth-order valence-corrected chi connectivity index (χ4v) is 5.15. The van der Waals surface area contributed by atoms with Crippen LogP contribution >= 0.6 is 11.3 Å². The summed E-state index contributed by atoms with van der Waals surface area (Å²) in [5.41, 5.74) is 1.30. The molecule has 0 bridgehead atoms. The first-order valence-corrected chi connectivity index (χ1v) is 10.4. The maximum atomic E-state index is 12.3. The van der Waals surface area contributed by atoms with Gasteiger partial charge in [0.05, 0.1) is 0 Å². The summed E-state index contributed by atoms with van der Waals surface area (Å²) in [6.07, 6.45) is 9.16. The number of thiophene rings is 1. The van der Waals surface area contributed by atoms with Gasteiger partial charge in [-0.05, 0) is 55.6 Å². The molecule has 0 radical (unpaired) electrons. The Hall–Kier alpha value is -1.36. The third-order valence-corrected chi connectivity index (χ3v) is 7.05. The molecule has 3 atom stereocenters. The van der Waals surface area contributed by atoms with Crippen LogP contribution in [0.2, 0.25) is 0 Å². The number of hydrogen-bond acceptors (Lipinski definition) is 4. The average Bonchev–Trinajstić information content (AvgIpc) is 2.88. The van der Waals surface area contributed by atoms with Gasteiger partial charge >= 0.3 is 5.97 Å². The van der Waals surface area contributed by atoms with E-state index in [2.05, 4.69) is 19.2 Å². The van der Waals surface area contributed by atoms with E-state index in [1.807, 2.05) is 6.07 Å². The molecule has 1 fully saturated rings. The van der Waals surface area contributed by atoms with Crippen molar-refractivity contribution in [3.05, 3.63) is 21.4 Å². The van der Waals surface area contributed by atoms with Crippen LogP contribution in [0.4, 0.5) is 0 Å². The van der Waals surface area contributed by atoms with E-state index in [-0.39, 0.29) is 24.5 Å². The molecule has 1 heterocycles. The van der Waals surface area contributed by atoms with E-state index in [0.717, 1.165) is 25.7 Å². The highest BCUT2D eigenvalue weighted by molar-refractivity contribution is 7.14. The molecule has 1 saturated carbocycles. The van der Waals surface area contributed by atoms with Gasteiger partial charge in [0.1, 0.15) is 4.88 Å². The third-order valence-electron chi connectivity index (χ3n) is 5.84. The second kappa shape index (κ2) is 8.35. The highest BCUT2D eigenvalue weighted by atomic mass is 32.1. The van der Waals surface area contributed by atoms with Gasteiger partial charge in [0.15, 0.2) is 6.61 Å². The number of aryl methyl sites for hydroxylation is 2. The molecule has 5 heteroatoms. The molecule has 138 valence electrons. The first-order valence-electron chi connectivity index (χ1n) is 9.62.